The molecule has 5 heteroatoms. The predicted molar refractivity (Wildman–Crippen MR) is 146 cm³/mol. The Kier molecular flexibility index (Phi) is 7.17. The lowest BCUT2D eigenvalue weighted by molar-refractivity contribution is -0.117. The van der Waals surface area contributed by atoms with E-state index in [4.69, 9.17) is 9.72 Å². The SMILES string of the molecule is C=CCc1ccccc1OCCCn1c(C2CC(=O)N(c3ccccc3CC)C2)nc2ccccc21. The van der Waals surface area contributed by atoms with Crippen molar-refractivity contribution in [2.75, 3.05) is 18.1 Å². The van der Waals surface area contributed by atoms with Gasteiger partial charge in [0.25, 0.3) is 0 Å². The zero-order valence-corrected chi connectivity index (χ0v) is 20.9. The average molecular weight is 480 g/mol. The standard InChI is InChI=1S/C31H33N3O2/c1-3-12-24-14-6-10-18-29(24)36-20-11-19-33-28-17-9-7-15-26(28)32-31(33)25-21-30(35)34(22-25)27-16-8-5-13-23(27)4-2/h3,5-10,13-18,25H,1,4,11-12,19-22H2,2H3. The van der Waals surface area contributed by atoms with Crippen molar-refractivity contribution in [1.29, 1.82) is 0 Å². The molecule has 0 bridgehead atoms. The number of allylic oxidation sites excluding steroid dienone is 1. The van der Waals surface area contributed by atoms with Gasteiger partial charge in [-0.05, 0) is 54.7 Å². The van der Waals surface area contributed by atoms with Crippen molar-refractivity contribution in [1.82, 2.24) is 9.55 Å². The summed E-state index contributed by atoms with van der Waals surface area (Å²) in [5.41, 5.74) is 5.47. The van der Waals surface area contributed by atoms with Gasteiger partial charge in [0.05, 0.1) is 17.6 Å². The van der Waals surface area contributed by atoms with Crippen molar-refractivity contribution in [2.24, 2.45) is 0 Å². The van der Waals surface area contributed by atoms with E-state index in [1.165, 1.54) is 5.56 Å². The third kappa shape index (κ3) is 4.78. The molecule has 1 saturated heterocycles. The van der Waals surface area contributed by atoms with Crippen LogP contribution in [0.4, 0.5) is 5.69 Å². The number of carbonyl (C=O) groups excluding carboxylic acids is 1. The number of nitrogens with zero attached hydrogens (tertiary/aromatic N) is 3. The van der Waals surface area contributed by atoms with Crippen molar-refractivity contribution in [3.05, 3.63) is 102 Å². The minimum absolute atomic E-state index is 0.0593. The van der Waals surface area contributed by atoms with Crippen LogP contribution in [-0.2, 0) is 24.2 Å². The number of aromatic nitrogens is 2. The van der Waals surface area contributed by atoms with Gasteiger partial charge in [-0.1, -0.05) is 61.5 Å². The molecular weight excluding hydrogens is 446 g/mol. The van der Waals surface area contributed by atoms with Crippen LogP contribution in [0.3, 0.4) is 0 Å². The van der Waals surface area contributed by atoms with Gasteiger partial charge in [-0.15, -0.1) is 6.58 Å². The van der Waals surface area contributed by atoms with Crippen LogP contribution in [0.2, 0.25) is 0 Å². The minimum Gasteiger partial charge on any atom is -0.493 e. The summed E-state index contributed by atoms with van der Waals surface area (Å²) in [7, 11) is 0. The van der Waals surface area contributed by atoms with Crippen LogP contribution in [0.25, 0.3) is 11.0 Å². The molecule has 184 valence electrons. The van der Waals surface area contributed by atoms with Gasteiger partial charge in [-0.25, -0.2) is 4.98 Å². The molecule has 0 spiro atoms. The highest BCUT2D eigenvalue weighted by atomic mass is 16.5. The van der Waals surface area contributed by atoms with Crippen molar-refractivity contribution in [3.8, 4) is 5.75 Å². The molecule has 5 nitrogen and oxygen atoms in total. The number of hydrogen-bond acceptors (Lipinski definition) is 3. The van der Waals surface area contributed by atoms with E-state index in [0.717, 1.165) is 59.7 Å². The highest BCUT2D eigenvalue weighted by molar-refractivity contribution is 5.97. The van der Waals surface area contributed by atoms with E-state index in [0.29, 0.717) is 19.6 Å². The number of imidazole rings is 1. The molecular formula is C31H33N3O2. The maximum absolute atomic E-state index is 13.1. The highest BCUT2D eigenvalue weighted by Crippen LogP contribution is 2.35. The van der Waals surface area contributed by atoms with Crippen LogP contribution in [0, 0.1) is 0 Å². The molecule has 4 aromatic rings. The number of benzene rings is 3. The van der Waals surface area contributed by atoms with Gasteiger partial charge >= 0.3 is 0 Å². The maximum atomic E-state index is 13.1. The second kappa shape index (κ2) is 10.8. The Morgan fingerprint density at radius 1 is 1.03 bits per heavy atom. The third-order valence-corrected chi connectivity index (χ3v) is 6.96. The number of fused-ring (bicyclic) bond motifs is 1. The lowest BCUT2D eigenvalue weighted by atomic mass is 10.1. The number of aryl methyl sites for hydroxylation is 2. The fourth-order valence-corrected chi connectivity index (χ4v) is 5.20. The molecule has 0 radical (unpaired) electrons. The monoisotopic (exact) mass is 479 g/mol. The second-order valence-corrected chi connectivity index (χ2v) is 9.30. The number of amides is 1. The molecule has 36 heavy (non-hydrogen) atoms. The quantitative estimate of drug-likeness (QED) is 0.198. The molecule has 2 heterocycles. The lowest BCUT2D eigenvalue weighted by Crippen LogP contribution is -2.25. The van der Waals surface area contributed by atoms with Crippen LogP contribution in [0.5, 0.6) is 5.75 Å². The average Bonchev–Trinajstić information content (AvgIpc) is 3.48. The summed E-state index contributed by atoms with van der Waals surface area (Å²) in [6.07, 6.45) is 4.92. The first kappa shape index (κ1) is 23.9. The molecule has 1 aliphatic rings. The fraction of sp³-hybridized carbons (Fsp3) is 0.290. The van der Waals surface area contributed by atoms with E-state index >= 15 is 0 Å². The van der Waals surface area contributed by atoms with Crippen molar-refractivity contribution in [3.63, 3.8) is 0 Å². The number of rotatable bonds is 10. The number of ether oxygens (including phenoxy) is 1. The Hall–Kier alpha value is -3.86. The number of carbonyl (C=O) groups is 1. The third-order valence-electron chi connectivity index (χ3n) is 6.96. The largest absolute Gasteiger partial charge is 0.493 e. The van der Waals surface area contributed by atoms with Crippen LogP contribution in [0.15, 0.2) is 85.5 Å². The van der Waals surface area contributed by atoms with Crippen molar-refractivity contribution in [2.45, 2.75) is 45.1 Å². The molecule has 0 aliphatic carbocycles. The van der Waals surface area contributed by atoms with E-state index in [1.807, 2.05) is 47.4 Å². The van der Waals surface area contributed by atoms with Crippen LogP contribution < -0.4 is 9.64 Å². The first-order chi connectivity index (χ1) is 17.7. The van der Waals surface area contributed by atoms with E-state index in [-0.39, 0.29) is 11.8 Å². The Bertz CT molecular complexity index is 1370. The molecule has 1 fully saturated rings. The van der Waals surface area contributed by atoms with Gasteiger partial charge in [0.15, 0.2) is 0 Å². The van der Waals surface area contributed by atoms with Crippen molar-refractivity contribution >= 4 is 22.6 Å². The van der Waals surface area contributed by atoms with Gasteiger partial charge in [0, 0.05) is 31.1 Å². The van der Waals surface area contributed by atoms with Crippen LogP contribution in [0.1, 0.15) is 42.6 Å². The molecule has 0 saturated carbocycles. The van der Waals surface area contributed by atoms with Gasteiger partial charge in [0.1, 0.15) is 11.6 Å². The molecule has 1 aliphatic heterocycles. The van der Waals surface area contributed by atoms with Gasteiger partial charge in [-0.3, -0.25) is 4.79 Å². The lowest BCUT2D eigenvalue weighted by Gasteiger charge is -2.20. The Morgan fingerprint density at radius 2 is 1.78 bits per heavy atom. The maximum Gasteiger partial charge on any atom is 0.227 e. The normalized spacial score (nSPS) is 15.5. The summed E-state index contributed by atoms with van der Waals surface area (Å²) in [5.74, 6) is 2.14. The van der Waals surface area contributed by atoms with Gasteiger partial charge in [-0.2, -0.15) is 0 Å². The van der Waals surface area contributed by atoms with Gasteiger partial charge < -0.3 is 14.2 Å². The Balaban J connectivity index is 1.35. The summed E-state index contributed by atoms with van der Waals surface area (Å²) >= 11 is 0. The molecule has 5 rings (SSSR count). The fourth-order valence-electron chi connectivity index (χ4n) is 5.20. The van der Waals surface area contributed by atoms with Crippen LogP contribution >= 0.6 is 0 Å². The minimum atomic E-state index is 0.0593. The Labute approximate surface area is 213 Å². The molecule has 1 unspecified atom stereocenters. The van der Waals surface area contributed by atoms with E-state index < -0.39 is 0 Å². The number of hydrogen-bond donors (Lipinski definition) is 0. The smallest absolute Gasteiger partial charge is 0.227 e. The van der Waals surface area contributed by atoms with E-state index in [2.05, 4.69) is 54.5 Å². The first-order valence-electron chi connectivity index (χ1n) is 12.8. The number of anilines is 1. The molecule has 1 amide bonds. The molecule has 1 atom stereocenters. The zero-order chi connectivity index (χ0) is 24.9. The molecule has 1 aromatic heterocycles. The summed E-state index contributed by atoms with van der Waals surface area (Å²) in [6, 6.07) is 24.6. The van der Waals surface area contributed by atoms with Gasteiger partial charge in [0.2, 0.25) is 5.91 Å². The van der Waals surface area contributed by atoms with E-state index in [1.54, 1.807) is 0 Å². The summed E-state index contributed by atoms with van der Waals surface area (Å²) in [6.45, 7) is 8.04. The molecule has 3 aromatic carbocycles. The summed E-state index contributed by atoms with van der Waals surface area (Å²) in [4.78, 5) is 20.1. The highest BCUT2D eigenvalue weighted by Gasteiger charge is 2.35. The zero-order valence-electron chi connectivity index (χ0n) is 20.9. The number of para-hydroxylation sites is 4. The Morgan fingerprint density at radius 3 is 2.61 bits per heavy atom. The first-order valence-corrected chi connectivity index (χ1v) is 12.8. The summed E-state index contributed by atoms with van der Waals surface area (Å²) < 4.78 is 8.43. The summed E-state index contributed by atoms with van der Waals surface area (Å²) in [5, 5.41) is 0. The van der Waals surface area contributed by atoms with E-state index in [9.17, 15) is 4.79 Å². The second-order valence-electron chi connectivity index (χ2n) is 9.30. The predicted octanol–water partition coefficient (Wildman–Crippen LogP) is 6.32. The topological polar surface area (TPSA) is 47.4 Å². The molecule has 0 N–H and O–H groups in total. The van der Waals surface area contributed by atoms with Crippen LogP contribution in [-0.4, -0.2) is 28.6 Å². The van der Waals surface area contributed by atoms with Crippen molar-refractivity contribution < 1.29 is 9.53 Å².